The first-order valence-corrected chi connectivity index (χ1v) is 2.73. The summed E-state index contributed by atoms with van der Waals surface area (Å²) in [6.07, 6.45) is 1.86. The van der Waals surface area contributed by atoms with Crippen LogP contribution in [-0.4, -0.2) is 13.0 Å². The van der Waals surface area contributed by atoms with Gasteiger partial charge in [0.25, 0.3) is 0 Å². The van der Waals surface area contributed by atoms with Crippen molar-refractivity contribution in [3.05, 3.63) is 6.42 Å². The lowest BCUT2D eigenvalue weighted by atomic mass is 10.1. The Balaban J connectivity index is 3.46. The average molecular weight is 114 g/mol. The molecule has 2 heteroatoms. The van der Waals surface area contributed by atoms with Gasteiger partial charge in [0.15, 0.2) is 0 Å². The van der Waals surface area contributed by atoms with Crippen molar-refractivity contribution >= 4 is 5.91 Å². The number of carbonyl (C=O) groups is 1. The fourth-order valence-electron chi connectivity index (χ4n) is 0.379. The first-order chi connectivity index (χ1) is 3.72. The summed E-state index contributed by atoms with van der Waals surface area (Å²) >= 11 is 0. The lowest BCUT2D eigenvalue weighted by molar-refractivity contribution is -0.123. The molecular formula is C6H12NO. The van der Waals surface area contributed by atoms with Gasteiger partial charge in [-0.05, 0) is 6.42 Å². The molecule has 0 aromatic rings. The monoisotopic (exact) mass is 114 g/mol. The molecule has 0 aliphatic rings. The van der Waals surface area contributed by atoms with Crippen LogP contribution >= 0.6 is 0 Å². The van der Waals surface area contributed by atoms with E-state index in [2.05, 4.69) is 5.32 Å². The maximum Gasteiger partial charge on any atom is 0.222 e. The minimum absolute atomic E-state index is 0.0417. The molecule has 0 fully saturated rings. The SMILES string of the molecule is C[CH]C(C)C(=O)NC. The second-order valence-electron chi connectivity index (χ2n) is 1.74. The fourth-order valence-corrected chi connectivity index (χ4v) is 0.379. The Kier molecular flexibility index (Phi) is 3.24. The van der Waals surface area contributed by atoms with Gasteiger partial charge in [0.1, 0.15) is 0 Å². The first-order valence-electron chi connectivity index (χ1n) is 2.73. The average Bonchev–Trinajstić information content (AvgIpc) is 1.84. The largest absolute Gasteiger partial charge is 0.359 e. The number of amides is 1. The van der Waals surface area contributed by atoms with Gasteiger partial charge in [0, 0.05) is 13.0 Å². The minimum atomic E-state index is 0.0417. The molecule has 2 nitrogen and oxygen atoms in total. The standard InChI is InChI=1S/C6H12NO/c1-4-5(2)6(8)7-3/h4-5H,1-3H3,(H,7,8). The first kappa shape index (κ1) is 7.47. The third kappa shape index (κ3) is 1.96. The van der Waals surface area contributed by atoms with Crippen molar-refractivity contribution < 1.29 is 4.79 Å². The van der Waals surface area contributed by atoms with Gasteiger partial charge < -0.3 is 5.32 Å². The predicted octanol–water partition coefficient (Wildman–Crippen LogP) is 0.593. The second-order valence-corrected chi connectivity index (χ2v) is 1.74. The zero-order valence-electron chi connectivity index (χ0n) is 5.56. The van der Waals surface area contributed by atoms with E-state index in [9.17, 15) is 4.79 Å². The van der Waals surface area contributed by atoms with Gasteiger partial charge in [-0.3, -0.25) is 4.79 Å². The van der Waals surface area contributed by atoms with Crippen LogP contribution < -0.4 is 5.32 Å². The van der Waals surface area contributed by atoms with E-state index in [1.807, 2.05) is 20.3 Å². The molecule has 0 aromatic carbocycles. The Morgan fingerprint density at radius 1 is 1.75 bits per heavy atom. The van der Waals surface area contributed by atoms with Gasteiger partial charge in [-0.1, -0.05) is 13.8 Å². The third-order valence-electron chi connectivity index (χ3n) is 1.16. The normalized spacial score (nSPS) is 12.9. The maximum absolute atomic E-state index is 10.6. The Morgan fingerprint density at radius 3 is 2.38 bits per heavy atom. The van der Waals surface area contributed by atoms with E-state index in [1.165, 1.54) is 0 Å². The van der Waals surface area contributed by atoms with Crippen LogP contribution in [0.1, 0.15) is 13.8 Å². The highest BCUT2D eigenvalue weighted by Gasteiger charge is 2.05. The van der Waals surface area contributed by atoms with Crippen molar-refractivity contribution in [2.24, 2.45) is 5.92 Å². The third-order valence-corrected chi connectivity index (χ3v) is 1.16. The number of nitrogens with one attached hydrogen (secondary N) is 1. The van der Waals surface area contributed by atoms with E-state index < -0.39 is 0 Å². The molecule has 0 aliphatic heterocycles. The van der Waals surface area contributed by atoms with Gasteiger partial charge in [0.05, 0.1) is 0 Å². The minimum Gasteiger partial charge on any atom is -0.359 e. The molecule has 1 unspecified atom stereocenters. The highest BCUT2D eigenvalue weighted by atomic mass is 16.1. The molecule has 0 saturated heterocycles. The lowest BCUT2D eigenvalue weighted by Gasteiger charge is -2.03. The van der Waals surface area contributed by atoms with Crippen LogP contribution in [0, 0.1) is 12.3 Å². The van der Waals surface area contributed by atoms with Crippen molar-refractivity contribution in [1.29, 1.82) is 0 Å². The molecule has 0 aromatic heterocycles. The molecule has 1 radical (unpaired) electrons. The van der Waals surface area contributed by atoms with E-state index in [0.717, 1.165) is 0 Å². The molecule has 0 rings (SSSR count). The molecule has 47 valence electrons. The van der Waals surface area contributed by atoms with Crippen molar-refractivity contribution in [1.82, 2.24) is 5.32 Å². The van der Waals surface area contributed by atoms with E-state index in [0.29, 0.717) is 0 Å². The predicted molar refractivity (Wildman–Crippen MR) is 33.2 cm³/mol. The lowest BCUT2D eigenvalue weighted by Crippen LogP contribution is -2.24. The van der Waals surface area contributed by atoms with Crippen LogP contribution in [0.5, 0.6) is 0 Å². The Morgan fingerprint density at radius 2 is 2.25 bits per heavy atom. The van der Waals surface area contributed by atoms with Gasteiger partial charge in [-0.15, -0.1) is 0 Å². The number of rotatable bonds is 2. The number of carbonyl (C=O) groups excluding carboxylic acids is 1. The van der Waals surface area contributed by atoms with E-state index >= 15 is 0 Å². The van der Waals surface area contributed by atoms with Crippen molar-refractivity contribution in [3.63, 3.8) is 0 Å². The molecule has 1 atom stereocenters. The molecule has 0 bridgehead atoms. The summed E-state index contributed by atoms with van der Waals surface area (Å²) in [7, 11) is 1.64. The van der Waals surface area contributed by atoms with Crippen LogP contribution in [0.2, 0.25) is 0 Å². The molecular weight excluding hydrogens is 102 g/mol. The van der Waals surface area contributed by atoms with Crippen LogP contribution in [0.4, 0.5) is 0 Å². The fraction of sp³-hybridized carbons (Fsp3) is 0.667. The Bertz CT molecular complexity index is 80.6. The van der Waals surface area contributed by atoms with Gasteiger partial charge in [-0.25, -0.2) is 0 Å². The molecule has 0 spiro atoms. The van der Waals surface area contributed by atoms with Gasteiger partial charge >= 0.3 is 0 Å². The molecule has 1 amide bonds. The molecule has 0 saturated carbocycles. The molecule has 0 aliphatic carbocycles. The van der Waals surface area contributed by atoms with Crippen LogP contribution in [0.25, 0.3) is 0 Å². The van der Waals surface area contributed by atoms with Crippen LogP contribution in [0.3, 0.4) is 0 Å². The summed E-state index contributed by atoms with van der Waals surface area (Å²) in [4.78, 5) is 10.6. The summed E-state index contributed by atoms with van der Waals surface area (Å²) in [5.74, 6) is 0.118. The highest BCUT2D eigenvalue weighted by Crippen LogP contribution is 1.96. The van der Waals surface area contributed by atoms with E-state index in [-0.39, 0.29) is 11.8 Å². The number of hydrogen-bond acceptors (Lipinski definition) is 1. The van der Waals surface area contributed by atoms with Crippen molar-refractivity contribution in [2.45, 2.75) is 13.8 Å². The molecule has 1 N–H and O–H groups in total. The zero-order valence-corrected chi connectivity index (χ0v) is 5.56. The number of hydrogen-bond donors (Lipinski definition) is 1. The molecule has 0 heterocycles. The highest BCUT2D eigenvalue weighted by molar-refractivity contribution is 5.78. The van der Waals surface area contributed by atoms with Gasteiger partial charge in [-0.2, -0.15) is 0 Å². The Labute approximate surface area is 50.3 Å². The summed E-state index contributed by atoms with van der Waals surface area (Å²) in [6.45, 7) is 3.73. The van der Waals surface area contributed by atoms with Gasteiger partial charge in [0.2, 0.25) is 5.91 Å². The zero-order chi connectivity index (χ0) is 6.57. The molecule has 8 heavy (non-hydrogen) atoms. The summed E-state index contributed by atoms with van der Waals surface area (Å²) in [5, 5.41) is 2.55. The van der Waals surface area contributed by atoms with Crippen molar-refractivity contribution in [2.75, 3.05) is 7.05 Å². The summed E-state index contributed by atoms with van der Waals surface area (Å²) < 4.78 is 0. The van der Waals surface area contributed by atoms with Crippen LogP contribution in [0.15, 0.2) is 0 Å². The van der Waals surface area contributed by atoms with E-state index in [1.54, 1.807) is 7.05 Å². The quantitative estimate of drug-likeness (QED) is 0.559. The maximum atomic E-state index is 10.6. The topological polar surface area (TPSA) is 29.1 Å². The summed E-state index contributed by atoms with van der Waals surface area (Å²) in [6, 6.07) is 0. The van der Waals surface area contributed by atoms with E-state index in [4.69, 9.17) is 0 Å². The van der Waals surface area contributed by atoms with Crippen LogP contribution in [-0.2, 0) is 4.79 Å². The smallest absolute Gasteiger partial charge is 0.222 e. The Hall–Kier alpha value is -0.530. The van der Waals surface area contributed by atoms with Crippen molar-refractivity contribution in [3.8, 4) is 0 Å². The summed E-state index contributed by atoms with van der Waals surface area (Å²) in [5.41, 5.74) is 0. The second kappa shape index (κ2) is 3.47.